The van der Waals surface area contributed by atoms with Crippen LogP contribution in [0.1, 0.15) is 84.9 Å². The number of hydrogen-bond donors (Lipinski definition) is 9. The summed E-state index contributed by atoms with van der Waals surface area (Å²) in [7, 11) is 8.04. The summed E-state index contributed by atoms with van der Waals surface area (Å²) >= 11 is 0. The molecule has 5 aromatic heterocycles. The van der Waals surface area contributed by atoms with Gasteiger partial charge in [-0.15, -0.1) is 0 Å². The second kappa shape index (κ2) is 24.4. The molecule has 5 aromatic rings. The van der Waals surface area contributed by atoms with E-state index in [1.54, 1.807) is 58.4 Å². The Balaban J connectivity index is 1.02. The van der Waals surface area contributed by atoms with Crippen molar-refractivity contribution in [3.63, 3.8) is 0 Å². The van der Waals surface area contributed by atoms with Crippen LogP contribution in [0.5, 0.6) is 0 Å². The number of nitrogens with one attached hydrogen (secondary N) is 8. The summed E-state index contributed by atoms with van der Waals surface area (Å²) in [6.45, 7) is 2.05. The monoisotopic (exact) mass is 943 g/mol. The first kappa shape index (κ1) is 50.9. The lowest BCUT2D eigenvalue weighted by atomic mass is 10.3. The van der Waals surface area contributed by atoms with E-state index in [9.17, 15) is 38.4 Å². The number of aromatic nitrogens is 8. The molecule has 0 fully saturated rings. The number of aryl methyl sites for hydroxylation is 5. The average molecular weight is 944 g/mol. The van der Waals surface area contributed by atoms with Gasteiger partial charge in [0.1, 0.15) is 11.4 Å². The molecule has 5 heterocycles. The van der Waals surface area contributed by atoms with Gasteiger partial charge in [-0.3, -0.25) is 38.4 Å². The number of rotatable bonds is 25. The van der Waals surface area contributed by atoms with Crippen molar-refractivity contribution >= 4 is 70.3 Å². The predicted molar refractivity (Wildman–Crippen MR) is 247 cm³/mol. The summed E-state index contributed by atoms with van der Waals surface area (Å²) in [5.41, 5.74) is 6.30. The smallest absolute Gasteiger partial charge is 0.291 e. The Bertz CT molecular complexity index is 2620. The molecule has 0 aliphatic carbocycles. The Morgan fingerprint density at radius 1 is 0.559 bits per heavy atom. The van der Waals surface area contributed by atoms with E-state index >= 15 is 0 Å². The lowest BCUT2D eigenvalue weighted by Gasteiger charge is -2.10. The fraction of sp³-hybridized carbons (Fsp3) is 0.405. The maximum Gasteiger partial charge on any atom is 0.291 e. The number of carbonyl (C=O) groups is 8. The van der Waals surface area contributed by atoms with Gasteiger partial charge in [-0.2, -0.15) is 0 Å². The molecule has 0 radical (unpaired) electrons. The van der Waals surface area contributed by atoms with E-state index in [1.807, 2.05) is 0 Å². The molecule has 0 atom stereocenters. The highest BCUT2D eigenvalue weighted by atomic mass is 16.5. The Morgan fingerprint density at radius 3 is 1.75 bits per heavy atom. The molecule has 0 saturated carbocycles. The van der Waals surface area contributed by atoms with Crippen molar-refractivity contribution in [1.29, 1.82) is 0 Å². The van der Waals surface area contributed by atoms with Crippen molar-refractivity contribution in [2.45, 2.75) is 32.1 Å². The fourth-order valence-electron chi connectivity index (χ4n) is 6.51. The summed E-state index contributed by atoms with van der Waals surface area (Å²) in [4.78, 5) is 115. The molecule has 0 aliphatic heterocycles. The van der Waals surface area contributed by atoms with Crippen molar-refractivity contribution in [2.24, 2.45) is 41.0 Å². The van der Waals surface area contributed by atoms with Gasteiger partial charge in [-0.05, 0) is 31.5 Å². The SMILES string of the molecule is Cn1cc(NC(=O)c2nccn2C)cc1C(=O)NCCC(=O)Nc1cn(C)c(C(=O)Nc2ccn(C)c2C(=O)NCCC(=O)Nc2cn(C)c(C(=O)NCCC(=O)NCCCOCCCN)n2)n1. The van der Waals surface area contributed by atoms with Crippen molar-refractivity contribution in [3.8, 4) is 0 Å². The third-order valence-corrected chi connectivity index (χ3v) is 9.94. The zero-order valence-electron chi connectivity index (χ0n) is 38.4. The third-order valence-electron chi connectivity index (χ3n) is 9.94. The number of ether oxygens (including phenoxy) is 1. The van der Waals surface area contributed by atoms with Gasteiger partial charge in [0.2, 0.25) is 29.4 Å². The molecule has 0 bridgehead atoms. The standard InChI is InChI=1S/C42H57N17O9/c1-55-18-11-27(34(55)39(64)47-16-10-33(62)51-29-24-58(4)36(53-29)40(65)48-14-8-31(60)44-13-7-21-68-20-6-12-43)50-42(67)37-54-30(25-59(37)5)52-32(61)9-15-46-38(63)28-22-26(23-57(28)3)49-41(66)35-45-17-19-56(35)2/h11,17-19,22-25H,6-10,12-16,20-21,43H2,1-5H3,(H,44,60)(H,46,63)(H,47,64)(H,48,65)(H,49,66)(H,50,67)(H,51,62)(H,52,61). The Hall–Kier alpha value is -8.13. The first-order valence-electron chi connectivity index (χ1n) is 21.5. The maximum absolute atomic E-state index is 13.3. The molecule has 0 aliphatic rings. The van der Waals surface area contributed by atoms with Crippen LogP contribution in [0.15, 0.2) is 49.3 Å². The van der Waals surface area contributed by atoms with Gasteiger partial charge in [-0.1, -0.05) is 0 Å². The van der Waals surface area contributed by atoms with Gasteiger partial charge in [0, 0.05) is 131 Å². The van der Waals surface area contributed by atoms with Gasteiger partial charge in [0.25, 0.3) is 29.5 Å². The molecular formula is C42H57N17O9. The zero-order chi connectivity index (χ0) is 49.3. The van der Waals surface area contributed by atoms with Crippen LogP contribution < -0.4 is 48.3 Å². The molecule has 5 rings (SSSR count). The highest BCUT2D eigenvalue weighted by Gasteiger charge is 2.23. The second-order valence-electron chi connectivity index (χ2n) is 15.4. The molecule has 68 heavy (non-hydrogen) atoms. The Labute approximate surface area is 390 Å². The Kier molecular flexibility index (Phi) is 18.3. The fourth-order valence-corrected chi connectivity index (χ4v) is 6.51. The normalized spacial score (nSPS) is 10.9. The minimum absolute atomic E-state index is 0.0124. The summed E-state index contributed by atoms with van der Waals surface area (Å²) in [6.07, 6.45) is 10.4. The molecule has 10 N–H and O–H groups in total. The lowest BCUT2D eigenvalue weighted by molar-refractivity contribution is -0.121. The van der Waals surface area contributed by atoms with Gasteiger partial charge in [0.05, 0.1) is 11.4 Å². The van der Waals surface area contributed by atoms with Crippen LogP contribution in [0.2, 0.25) is 0 Å². The number of imidazole rings is 3. The van der Waals surface area contributed by atoms with Crippen LogP contribution in [0.3, 0.4) is 0 Å². The number of hydrogen-bond acceptors (Lipinski definition) is 13. The molecule has 364 valence electrons. The van der Waals surface area contributed by atoms with Crippen molar-refractivity contribution in [1.82, 2.24) is 59.1 Å². The molecule has 0 saturated heterocycles. The van der Waals surface area contributed by atoms with E-state index in [1.165, 1.54) is 49.0 Å². The van der Waals surface area contributed by atoms with Crippen LogP contribution in [-0.4, -0.2) is 131 Å². The largest absolute Gasteiger partial charge is 0.381 e. The van der Waals surface area contributed by atoms with E-state index in [0.717, 1.165) is 6.42 Å². The van der Waals surface area contributed by atoms with E-state index in [0.29, 0.717) is 38.4 Å². The maximum atomic E-state index is 13.3. The van der Waals surface area contributed by atoms with Crippen LogP contribution in [-0.2, 0) is 54.4 Å². The highest BCUT2D eigenvalue weighted by molar-refractivity contribution is 6.08. The minimum Gasteiger partial charge on any atom is -0.381 e. The van der Waals surface area contributed by atoms with Crippen molar-refractivity contribution in [3.05, 3.63) is 78.2 Å². The highest BCUT2D eigenvalue weighted by Crippen LogP contribution is 2.19. The molecule has 8 amide bonds. The molecular weight excluding hydrogens is 887 g/mol. The zero-order valence-corrected chi connectivity index (χ0v) is 38.4. The number of nitrogens with two attached hydrogens (primary N) is 1. The van der Waals surface area contributed by atoms with Gasteiger partial charge in [-0.25, -0.2) is 15.0 Å². The van der Waals surface area contributed by atoms with Gasteiger partial charge >= 0.3 is 0 Å². The predicted octanol–water partition coefficient (Wildman–Crippen LogP) is -0.422. The van der Waals surface area contributed by atoms with Crippen LogP contribution in [0, 0.1) is 0 Å². The third kappa shape index (κ3) is 14.4. The molecule has 26 nitrogen and oxygen atoms in total. The van der Waals surface area contributed by atoms with E-state index in [-0.39, 0.29) is 91.0 Å². The first-order valence-corrected chi connectivity index (χ1v) is 21.5. The van der Waals surface area contributed by atoms with Crippen molar-refractivity contribution in [2.75, 3.05) is 67.2 Å². The average Bonchev–Trinajstić information content (AvgIpc) is 4.12. The summed E-state index contributed by atoms with van der Waals surface area (Å²) < 4.78 is 12.8. The van der Waals surface area contributed by atoms with E-state index < -0.39 is 41.4 Å². The molecule has 0 spiro atoms. The lowest BCUT2D eigenvalue weighted by Crippen LogP contribution is -2.32. The number of carbonyl (C=O) groups excluding carboxylic acids is 8. The topological polar surface area (TPSA) is 331 Å². The summed E-state index contributed by atoms with van der Waals surface area (Å²) in [6, 6.07) is 3.01. The summed E-state index contributed by atoms with van der Waals surface area (Å²) in [5.74, 6) is -3.62. The van der Waals surface area contributed by atoms with Crippen LogP contribution in [0.25, 0.3) is 0 Å². The van der Waals surface area contributed by atoms with Crippen LogP contribution >= 0.6 is 0 Å². The van der Waals surface area contributed by atoms with E-state index in [2.05, 4.69) is 57.5 Å². The van der Waals surface area contributed by atoms with Gasteiger partial charge < -0.3 is 75.8 Å². The van der Waals surface area contributed by atoms with E-state index in [4.69, 9.17) is 10.5 Å². The number of anilines is 4. The molecule has 26 heteroatoms. The van der Waals surface area contributed by atoms with Crippen LogP contribution in [0.4, 0.5) is 23.0 Å². The Morgan fingerprint density at radius 2 is 1.13 bits per heavy atom. The van der Waals surface area contributed by atoms with Crippen molar-refractivity contribution < 1.29 is 43.1 Å². The van der Waals surface area contributed by atoms with Gasteiger partial charge in [0.15, 0.2) is 17.5 Å². The quantitative estimate of drug-likeness (QED) is 0.0336. The number of amides is 8. The summed E-state index contributed by atoms with van der Waals surface area (Å²) in [5, 5.41) is 21.3. The second-order valence-corrected chi connectivity index (χ2v) is 15.4. The first-order chi connectivity index (χ1) is 32.5. The molecule has 0 aromatic carbocycles. The number of nitrogens with zero attached hydrogens (tertiary/aromatic N) is 8. The minimum atomic E-state index is -0.682. The molecule has 0 unspecified atom stereocenters.